The molecule has 2 aliphatic carbocycles. The summed E-state index contributed by atoms with van der Waals surface area (Å²) >= 11 is 11.8. The summed E-state index contributed by atoms with van der Waals surface area (Å²) in [5, 5.41) is 1.29. The minimum absolute atomic E-state index is 0.0754. The number of aromatic amines is 1. The molecule has 2 fully saturated rings. The van der Waals surface area contributed by atoms with E-state index < -0.39 is 0 Å². The molecule has 5 atom stereocenters. The second-order valence-electron chi connectivity index (χ2n) is 9.26. The highest BCUT2D eigenvalue weighted by Gasteiger charge is 2.50. The Balaban J connectivity index is 1.39. The van der Waals surface area contributed by atoms with Crippen LogP contribution in [-0.4, -0.2) is 52.1 Å². The summed E-state index contributed by atoms with van der Waals surface area (Å²) in [6, 6.07) is 0. The lowest BCUT2D eigenvalue weighted by atomic mass is 9.73. The fourth-order valence-corrected chi connectivity index (χ4v) is 7.92. The number of hydrogen-bond acceptors (Lipinski definition) is 7. The molecule has 5 unspecified atom stereocenters. The van der Waals surface area contributed by atoms with Gasteiger partial charge in [0.2, 0.25) is 5.91 Å². The first-order chi connectivity index (χ1) is 16.4. The van der Waals surface area contributed by atoms with Gasteiger partial charge in [0.15, 0.2) is 21.8 Å². The van der Waals surface area contributed by atoms with Crippen molar-refractivity contribution in [2.75, 3.05) is 31.2 Å². The minimum atomic E-state index is -0.215. The molecule has 3 N–H and O–H groups in total. The molecule has 1 saturated heterocycles. The zero-order chi connectivity index (χ0) is 23.6. The number of thiazole rings is 1. The van der Waals surface area contributed by atoms with E-state index in [1.165, 1.54) is 11.3 Å². The number of carbonyl (C=O) groups excluding carboxylic acids is 1. The Labute approximate surface area is 214 Å². The fourth-order valence-electron chi connectivity index (χ4n) is 5.97. The number of halogens is 2. The van der Waals surface area contributed by atoms with E-state index in [9.17, 15) is 4.79 Å². The summed E-state index contributed by atoms with van der Waals surface area (Å²) in [5.74, 6) is 1.07. The zero-order valence-corrected chi connectivity index (χ0v) is 21.7. The van der Waals surface area contributed by atoms with Crippen molar-refractivity contribution in [2.45, 2.75) is 19.3 Å². The summed E-state index contributed by atoms with van der Waals surface area (Å²) in [6.45, 7) is 5.12. The molecule has 8 nitrogen and oxygen atoms in total. The lowest BCUT2D eigenvalue weighted by Crippen LogP contribution is -2.36. The van der Waals surface area contributed by atoms with Crippen molar-refractivity contribution < 1.29 is 9.53 Å². The van der Waals surface area contributed by atoms with Crippen molar-refractivity contribution in [2.24, 2.45) is 29.4 Å². The maximum Gasteiger partial charge on any atom is 0.221 e. The quantitative estimate of drug-likeness (QED) is 0.446. The SMILES string of the molecule is CC(c1c(Br)cnc2nc(-c3sc(N4CCOCC4)nc3Cl)[nH]c12)C1C2C=CC(C2)C1C(N)=O. The maximum atomic E-state index is 12.4. The summed E-state index contributed by atoms with van der Waals surface area (Å²) in [5.41, 5.74) is 8.39. The van der Waals surface area contributed by atoms with Gasteiger partial charge in [0, 0.05) is 29.7 Å². The fraction of sp³-hybridized carbons (Fsp3) is 0.478. The number of aromatic nitrogens is 4. The standard InChI is InChI=1S/C23H24BrClN6O2S/c1-10(14-11-2-3-12(8-11)16(14)20(26)32)15-13(24)9-27-21-17(15)28-22(30-21)18-19(25)29-23(34-18)31-4-6-33-7-5-31/h2-3,9-12,14,16H,4-8H2,1H3,(H2,26,32)(H,27,28,30). The Bertz CT molecular complexity index is 1300. The third kappa shape index (κ3) is 3.57. The minimum Gasteiger partial charge on any atom is -0.378 e. The predicted molar refractivity (Wildman–Crippen MR) is 136 cm³/mol. The molecule has 3 aromatic rings. The van der Waals surface area contributed by atoms with Gasteiger partial charge in [0.1, 0.15) is 4.88 Å². The van der Waals surface area contributed by atoms with Crippen LogP contribution < -0.4 is 10.6 Å². The van der Waals surface area contributed by atoms with Crippen molar-refractivity contribution in [1.82, 2.24) is 19.9 Å². The highest BCUT2D eigenvalue weighted by atomic mass is 79.9. The van der Waals surface area contributed by atoms with Gasteiger partial charge in [-0.2, -0.15) is 0 Å². The van der Waals surface area contributed by atoms with E-state index >= 15 is 0 Å². The highest BCUT2D eigenvalue weighted by Crippen LogP contribution is 2.54. The summed E-state index contributed by atoms with van der Waals surface area (Å²) in [4.78, 5) is 32.7. The van der Waals surface area contributed by atoms with Crippen LogP contribution >= 0.6 is 38.9 Å². The first-order valence-corrected chi connectivity index (χ1v) is 13.4. The smallest absolute Gasteiger partial charge is 0.221 e. The number of fused-ring (bicyclic) bond motifs is 3. The van der Waals surface area contributed by atoms with Crippen LogP contribution in [0.1, 0.15) is 24.8 Å². The lowest BCUT2D eigenvalue weighted by molar-refractivity contribution is -0.124. The Hall–Kier alpha value is -2.01. The van der Waals surface area contributed by atoms with Gasteiger partial charge in [0.05, 0.1) is 18.7 Å². The van der Waals surface area contributed by atoms with Crippen molar-refractivity contribution in [3.8, 4) is 10.7 Å². The van der Waals surface area contributed by atoms with Crippen LogP contribution in [0.5, 0.6) is 0 Å². The number of nitrogens with one attached hydrogen (secondary N) is 1. The molecule has 2 bridgehead atoms. The number of rotatable bonds is 5. The number of H-pyrrole nitrogens is 1. The van der Waals surface area contributed by atoms with E-state index in [4.69, 9.17) is 27.1 Å². The van der Waals surface area contributed by atoms with E-state index in [0.717, 1.165) is 45.1 Å². The zero-order valence-electron chi connectivity index (χ0n) is 18.5. The number of nitrogens with zero attached hydrogens (tertiary/aromatic N) is 4. The molecule has 1 saturated carbocycles. The van der Waals surface area contributed by atoms with Crippen molar-refractivity contribution in [1.29, 1.82) is 0 Å². The van der Waals surface area contributed by atoms with Crippen LogP contribution in [0, 0.1) is 23.7 Å². The number of carbonyl (C=O) groups is 1. The average Bonchev–Trinajstić information content (AvgIpc) is 3.61. The number of imidazole rings is 1. The molecular weight excluding hydrogens is 540 g/mol. The Morgan fingerprint density at radius 3 is 2.85 bits per heavy atom. The number of ether oxygens (including phenoxy) is 1. The largest absolute Gasteiger partial charge is 0.378 e. The molecule has 3 aromatic heterocycles. The van der Waals surface area contributed by atoms with Gasteiger partial charge in [0.25, 0.3) is 0 Å². The Kier molecular flexibility index (Phi) is 5.67. The van der Waals surface area contributed by atoms with Gasteiger partial charge in [-0.05, 0) is 51.6 Å². The number of amides is 1. The van der Waals surface area contributed by atoms with E-state index in [1.807, 2.05) is 0 Å². The van der Waals surface area contributed by atoms with Gasteiger partial charge in [-0.3, -0.25) is 4.79 Å². The number of hydrogen-bond donors (Lipinski definition) is 2. The number of anilines is 1. The summed E-state index contributed by atoms with van der Waals surface area (Å²) in [6.07, 6.45) is 7.19. The molecule has 0 aromatic carbocycles. The van der Waals surface area contributed by atoms with E-state index in [2.05, 4.69) is 54.9 Å². The van der Waals surface area contributed by atoms with E-state index in [0.29, 0.717) is 35.8 Å². The molecule has 1 amide bonds. The van der Waals surface area contributed by atoms with Gasteiger partial charge < -0.3 is 20.4 Å². The van der Waals surface area contributed by atoms with Crippen LogP contribution in [0.25, 0.3) is 21.9 Å². The molecule has 4 heterocycles. The van der Waals surface area contributed by atoms with Gasteiger partial charge in [-0.1, -0.05) is 42.0 Å². The number of morpholine rings is 1. The van der Waals surface area contributed by atoms with Gasteiger partial charge in [-0.15, -0.1) is 0 Å². The highest BCUT2D eigenvalue weighted by molar-refractivity contribution is 9.10. The molecule has 0 radical (unpaired) electrons. The van der Waals surface area contributed by atoms with Crippen LogP contribution in [0.3, 0.4) is 0 Å². The molecule has 6 rings (SSSR count). The van der Waals surface area contributed by atoms with Crippen LogP contribution in [0.4, 0.5) is 5.13 Å². The number of primary amides is 1. The Morgan fingerprint density at radius 1 is 1.32 bits per heavy atom. The van der Waals surface area contributed by atoms with E-state index in [-0.39, 0.29) is 29.6 Å². The molecule has 178 valence electrons. The van der Waals surface area contributed by atoms with Crippen molar-refractivity contribution in [3.63, 3.8) is 0 Å². The van der Waals surface area contributed by atoms with Crippen molar-refractivity contribution in [3.05, 3.63) is 33.5 Å². The maximum absolute atomic E-state index is 12.4. The average molecular weight is 564 g/mol. The lowest BCUT2D eigenvalue weighted by Gasteiger charge is -2.31. The Morgan fingerprint density at radius 2 is 2.09 bits per heavy atom. The normalized spacial score (nSPS) is 27.1. The molecule has 11 heteroatoms. The molecule has 1 aliphatic heterocycles. The molecule has 34 heavy (non-hydrogen) atoms. The van der Waals surface area contributed by atoms with Crippen LogP contribution in [-0.2, 0) is 9.53 Å². The predicted octanol–water partition coefficient (Wildman–Crippen LogP) is 4.36. The first kappa shape index (κ1) is 22.5. The third-order valence-corrected chi connectivity index (χ3v) is 9.60. The van der Waals surface area contributed by atoms with E-state index in [1.54, 1.807) is 6.20 Å². The molecular formula is C23H24BrClN6O2S. The number of allylic oxidation sites excluding steroid dienone is 2. The summed E-state index contributed by atoms with van der Waals surface area (Å²) < 4.78 is 6.34. The topological polar surface area (TPSA) is 110 Å². The van der Waals surface area contributed by atoms with Gasteiger partial charge >= 0.3 is 0 Å². The second-order valence-corrected chi connectivity index (χ2v) is 11.5. The monoisotopic (exact) mass is 562 g/mol. The molecule has 3 aliphatic rings. The summed E-state index contributed by atoms with van der Waals surface area (Å²) in [7, 11) is 0. The molecule has 0 spiro atoms. The second kappa shape index (κ2) is 8.58. The number of nitrogens with two attached hydrogens (primary N) is 1. The third-order valence-electron chi connectivity index (χ3n) is 7.46. The van der Waals surface area contributed by atoms with Crippen LogP contribution in [0.2, 0.25) is 5.15 Å². The van der Waals surface area contributed by atoms with Gasteiger partial charge in [-0.25, -0.2) is 15.0 Å². The van der Waals surface area contributed by atoms with Crippen molar-refractivity contribution >= 4 is 61.1 Å². The van der Waals surface area contributed by atoms with Crippen LogP contribution in [0.15, 0.2) is 22.8 Å². The number of pyridine rings is 1. The first-order valence-electron chi connectivity index (χ1n) is 11.4.